The van der Waals surface area contributed by atoms with Gasteiger partial charge in [0.2, 0.25) is 0 Å². The summed E-state index contributed by atoms with van der Waals surface area (Å²) >= 11 is 0. The highest BCUT2D eigenvalue weighted by Gasteiger charge is 2.14. The molecule has 1 aliphatic rings. The molecule has 0 aromatic carbocycles. The average Bonchev–Trinajstić information content (AvgIpc) is 2.90. The van der Waals surface area contributed by atoms with Crippen molar-refractivity contribution in [2.24, 2.45) is 12.0 Å². The Morgan fingerprint density at radius 1 is 1.15 bits per heavy atom. The molecule has 1 aromatic rings. The number of guanidine groups is 1. The van der Waals surface area contributed by atoms with Gasteiger partial charge in [0.25, 0.3) is 0 Å². The van der Waals surface area contributed by atoms with Crippen LogP contribution in [-0.4, -0.2) is 59.9 Å². The van der Waals surface area contributed by atoms with Gasteiger partial charge in [0.1, 0.15) is 0 Å². The van der Waals surface area contributed by atoms with E-state index in [0.717, 1.165) is 24.6 Å². The zero-order valence-electron chi connectivity index (χ0n) is 18.1. The Balaban J connectivity index is 1.62. The maximum absolute atomic E-state index is 4.51. The minimum atomic E-state index is 0.317. The van der Waals surface area contributed by atoms with Gasteiger partial charge in [-0.15, -0.1) is 0 Å². The van der Waals surface area contributed by atoms with E-state index >= 15 is 0 Å². The molecule has 2 N–H and O–H groups in total. The van der Waals surface area contributed by atoms with Gasteiger partial charge >= 0.3 is 0 Å². The number of hydrogen-bond donors (Lipinski definition) is 2. The van der Waals surface area contributed by atoms with E-state index in [-0.39, 0.29) is 0 Å². The number of likely N-dealkylation sites (tertiary alicyclic amines) is 1. The molecule has 2 rings (SSSR count). The third-order valence-electron chi connectivity index (χ3n) is 5.67. The summed E-state index contributed by atoms with van der Waals surface area (Å²) in [7, 11) is 3.86. The molecule has 1 unspecified atom stereocenters. The van der Waals surface area contributed by atoms with E-state index < -0.39 is 0 Å². The van der Waals surface area contributed by atoms with Gasteiger partial charge in [0, 0.05) is 32.4 Å². The molecule has 154 valence electrons. The SMILES string of the molecule is CN=C(NCCCCCN1CCCCC1)NC(C)Cc1c(C)nn(C)c1C. The maximum atomic E-state index is 4.51. The zero-order chi connectivity index (χ0) is 19.6. The number of piperidine rings is 1. The van der Waals surface area contributed by atoms with Crippen LogP contribution >= 0.6 is 0 Å². The summed E-state index contributed by atoms with van der Waals surface area (Å²) < 4.78 is 1.97. The number of nitrogens with one attached hydrogen (secondary N) is 2. The lowest BCUT2D eigenvalue weighted by Crippen LogP contribution is -2.43. The number of aliphatic imine (C=N–C) groups is 1. The van der Waals surface area contributed by atoms with Gasteiger partial charge in [-0.3, -0.25) is 9.67 Å². The molecule has 0 aliphatic carbocycles. The lowest BCUT2D eigenvalue weighted by molar-refractivity contribution is 0.224. The van der Waals surface area contributed by atoms with Gasteiger partial charge in [-0.25, -0.2) is 0 Å². The highest BCUT2D eigenvalue weighted by Crippen LogP contribution is 2.14. The molecule has 6 heteroatoms. The third-order valence-corrected chi connectivity index (χ3v) is 5.67. The number of nitrogens with zero attached hydrogens (tertiary/aromatic N) is 4. The second-order valence-corrected chi connectivity index (χ2v) is 7.98. The lowest BCUT2D eigenvalue weighted by atomic mass is 10.1. The van der Waals surface area contributed by atoms with Crippen molar-refractivity contribution in [3.8, 4) is 0 Å². The van der Waals surface area contributed by atoms with Crippen molar-refractivity contribution in [2.45, 2.75) is 71.8 Å². The first-order chi connectivity index (χ1) is 13.0. The zero-order valence-corrected chi connectivity index (χ0v) is 18.1. The molecule has 0 bridgehead atoms. The summed E-state index contributed by atoms with van der Waals surface area (Å²) in [5, 5.41) is 11.5. The Kier molecular flexibility index (Phi) is 9.11. The molecule has 1 saturated heterocycles. The first kappa shape index (κ1) is 21.7. The molecule has 1 aliphatic heterocycles. The Labute approximate surface area is 165 Å². The van der Waals surface area contributed by atoms with Crippen LogP contribution in [0.4, 0.5) is 0 Å². The summed E-state index contributed by atoms with van der Waals surface area (Å²) in [5.41, 5.74) is 3.71. The van der Waals surface area contributed by atoms with Crippen LogP contribution in [0.3, 0.4) is 0 Å². The fraction of sp³-hybridized carbons (Fsp3) is 0.810. The predicted molar refractivity (Wildman–Crippen MR) is 114 cm³/mol. The summed E-state index contributed by atoms with van der Waals surface area (Å²) in [6.07, 6.45) is 8.95. The number of hydrogen-bond acceptors (Lipinski definition) is 3. The van der Waals surface area contributed by atoms with E-state index in [1.807, 2.05) is 18.8 Å². The van der Waals surface area contributed by atoms with E-state index in [4.69, 9.17) is 0 Å². The standard InChI is InChI=1S/C21H40N6/c1-17(16-20-18(2)25-26(5)19(20)3)24-21(22-4)23-12-8-6-9-13-27-14-10-7-11-15-27/h17H,6-16H2,1-5H3,(H2,22,23,24). The van der Waals surface area contributed by atoms with Gasteiger partial charge in [0.05, 0.1) is 5.69 Å². The van der Waals surface area contributed by atoms with Crippen LogP contribution in [0.5, 0.6) is 0 Å². The first-order valence-electron chi connectivity index (χ1n) is 10.7. The van der Waals surface area contributed by atoms with Crippen LogP contribution in [0, 0.1) is 13.8 Å². The molecule has 0 amide bonds. The minimum Gasteiger partial charge on any atom is -0.356 e. The monoisotopic (exact) mass is 376 g/mol. The normalized spacial score (nSPS) is 17.1. The molecule has 6 nitrogen and oxygen atoms in total. The molecule has 2 heterocycles. The Morgan fingerprint density at radius 2 is 1.89 bits per heavy atom. The van der Waals surface area contributed by atoms with E-state index in [1.54, 1.807) is 0 Å². The highest BCUT2D eigenvalue weighted by molar-refractivity contribution is 5.79. The minimum absolute atomic E-state index is 0.317. The van der Waals surface area contributed by atoms with Crippen molar-refractivity contribution in [1.29, 1.82) is 0 Å². The van der Waals surface area contributed by atoms with Crippen molar-refractivity contribution < 1.29 is 0 Å². The van der Waals surface area contributed by atoms with Gasteiger partial charge in [-0.1, -0.05) is 12.8 Å². The number of aromatic nitrogens is 2. The van der Waals surface area contributed by atoms with E-state index in [1.165, 1.54) is 69.4 Å². The second kappa shape index (κ2) is 11.3. The highest BCUT2D eigenvalue weighted by atomic mass is 15.3. The van der Waals surface area contributed by atoms with E-state index in [9.17, 15) is 0 Å². The van der Waals surface area contributed by atoms with Crippen molar-refractivity contribution in [3.05, 3.63) is 17.0 Å². The van der Waals surface area contributed by atoms with Gasteiger partial charge in [-0.2, -0.15) is 5.10 Å². The lowest BCUT2D eigenvalue weighted by Gasteiger charge is -2.26. The molecule has 1 fully saturated rings. The first-order valence-corrected chi connectivity index (χ1v) is 10.7. The van der Waals surface area contributed by atoms with E-state index in [0.29, 0.717) is 6.04 Å². The molecular weight excluding hydrogens is 336 g/mol. The molecule has 0 spiro atoms. The van der Waals surface area contributed by atoms with Gasteiger partial charge in [0.15, 0.2) is 5.96 Å². The van der Waals surface area contributed by atoms with Gasteiger partial charge in [-0.05, 0) is 78.1 Å². The summed E-state index contributed by atoms with van der Waals surface area (Å²) in [5.74, 6) is 0.901. The predicted octanol–water partition coefficient (Wildman–Crippen LogP) is 2.79. The van der Waals surface area contributed by atoms with Crippen molar-refractivity contribution in [2.75, 3.05) is 33.2 Å². The van der Waals surface area contributed by atoms with Gasteiger partial charge < -0.3 is 15.5 Å². The van der Waals surface area contributed by atoms with Crippen LogP contribution in [0.1, 0.15) is 62.4 Å². The molecule has 0 saturated carbocycles. The molecule has 0 radical (unpaired) electrons. The van der Waals surface area contributed by atoms with E-state index in [2.05, 4.69) is 46.4 Å². The van der Waals surface area contributed by atoms with Crippen LogP contribution in [0.25, 0.3) is 0 Å². The summed E-state index contributed by atoms with van der Waals surface area (Å²) in [6, 6.07) is 0.317. The Morgan fingerprint density at radius 3 is 2.52 bits per heavy atom. The summed E-state index contributed by atoms with van der Waals surface area (Å²) in [4.78, 5) is 7.00. The molecular formula is C21H40N6. The molecule has 1 aromatic heterocycles. The Bertz CT molecular complexity index is 586. The van der Waals surface area contributed by atoms with Crippen molar-refractivity contribution >= 4 is 5.96 Å². The van der Waals surface area contributed by atoms with Crippen LogP contribution in [0.2, 0.25) is 0 Å². The van der Waals surface area contributed by atoms with Crippen LogP contribution in [0.15, 0.2) is 4.99 Å². The number of unbranched alkanes of at least 4 members (excludes halogenated alkanes) is 2. The topological polar surface area (TPSA) is 57.5 Å². The number of rotatable bonds is 9. The largest absolute Gasteiger partial charge is 0.356 e. The summed E-state index contributed by atoms with van der Waals surface area (Å²) in [6.45, 7) is 11.3. The maximum Gasteiger partial charge on any atom is 0.191 e. The third kappa shape index (κ3) is 7.17. The number of aryl methyl sites for hydroxylation is 2. The van der Waals surface area contributed by atoms with Crippen molar-refractivity contribution in [3.63, 3.8) is 0 Å². The molecule has 1 atom stereocenters. The second-order valence-electron chi connectivity index (χ2n) is 7.98. The average molecular weight is 377 g/mol. The fourth-order valence-corrected chi connectivity index (χ4v) is 3.93. The van der Waals surface area contributed by atoms with Crippen molar-refractivity contribution in [1.82, 2.24) is 25.3 Å². The van der Waals surface area contributed by atoms with Crippen LogP contribution in [-0.2, 0) is 13.5 Å². The molecule has 27 heavy (non-hydrogen) atoms. The van der Waals surface area contributed by atoms with Crippen LogP contribution < -0.4 is 10.6 Å². The smallest absolute Gasteiger partial charge is 0.191 e. The fourth-order valence-electron chi connectivity index (χ4n) is 3.93. The Hall–Kier alpha value is -1.56. The quantitative estimate of drug-likeness (QED) is 0.395.